The first-order valence-electron chi connectivity index (χ1n) is 6.66. The van der Waals surface area contributed by atoms with Crippen LogP contribution in [0.1, 0.15) is 49.9 Å². The van der Waals surface area contributed by atoms with Gasteiger partial charge in [-0.2, -0.15) is 0 Å². The van der Waals surface area contributed by atoms with Gasteiger partial charge in [-0.3, -0.25) is 14.9 Å². The van der Waals surface area contributed by atoms with Crippen molar-refractivity contribution in [3.63, 3.8) is 0 Å². The molecular weight excluding hydrogens is 260 g/mol. The van der Waals surface area contributed by atoms with Crippen LogP contribution in [0.4, 0.5) is 11.5 Å². The second kappa shape index (κ2) is 7.42. The molecule has 0 spiro atoms. The Kier molecular flexibility index (Phi) is 5.89. The maximum atomic E-state index is 12.0. The van der Waals surface area contributed by atoms with Gasteiger partial charge in [0.15, 0.2) is 0 Å². The SMILES string of the molecule is CCCCCC(C)NC(=O)c1cc([N+](=O)[O-])cnc1N. The smallest absolute Gasteiger partial charge is 0.288 e. The summed E-state index contributed by atoms with van der Waals surface area (Å²) in [6.07, 6.45) is 5.16. The summed E-state index contributed by atoms with van der Waals surface area (Å²) in [7, 11) is 0. The van der Waals surface area contributed by atoms with Gasteiger partial charge in [0.25, 0.3) is 11.6 Å². The van der Waals surface area contributed by atoms with Gasteiger partial charge in [-0.25, -0.2) is 4.98 Å². The minimum atomic E-state index is -0.603. The zero-order valence-corrected chi connectivity index (χ0v) is 11.8. The largest absolute Gasteiger partial charge is 0.383 e. The lowest BCUT2D eigenvalue weighted by Gasteiger charge is -2.14. The zero-order valence-electron chi connectivity index (χ0n) is 11.8. The van der Waals surface area contributed by atoms with Crippen LogP contribution in [-0.2, 0) is 0 Å². The van der Waals surface area contributed by atoms with Crippen LogP contribution in [-0.4, -0.2) is 21.9 Å². The quantitative estimate of drug-likeness (QED) is 0.452. The van der Waals surface area contributed by atoms with Gasteiger partial charge in [-0.1, -0.05) is 26.2 Å². The van der Waals surface area contributed by atoms with Crippen LogP contribution in [0.25, 0.3) is 0 Å². The summed E-state index contributed by atoms with van der Waals surface area (Å²) < 4.78 is 0. The second-order valence-corrected chi connectivity index (χ2v) is 4.75. The molecule has 1 rings (SSSR count). The summed E-state index contributed by atoms with van der Waals surface area (Å²) in [6, 6.07) is 1.14. The topological polar surface area (TPSA) is 111 Å². The number of hydrogen-bond donors (Lipinski definition) is 2. The number of nitrogens with two attached hydrogens (primary N) is 1. The van der Waals surface area contributed by atoms with Crippen LogP contribution in [0.15, 0.2) is 12.3 Å². The van der Waals surface area contributed by atoms with Crippen molar-refractivity contribution in [1.82, 2.24) is 10.3 Å². The van der Waals surface area contributed by atoms with E-state index in [1.165, 1.54) is 0 Å². The number of hydrogen-bond acceptors (Lipinski definition) is 5. The van der Waals surface area contributed by atoms with Crippen molar-refractivity contribution in [2.75, 3.05) is 5.73 Å². The summed E-state index contributed by atoms with van der Waals surface area (Å²) in [5.41, 5.74) is 5.39. The Morgan fingerprint density at radius 3 is 2.85 bits per heavy atom. The van der Waals surface area contributed by atoms with Gasteiger partial charge in [0.1, 0.15) is 12.0 Å². The number of nitrogens with one attached hydrogen (secondary N) is 1. The van der Waals surface area contributed by atoms with Gasteiger partial charge in [0, 0.05) is 12.1 Å². The Labute approximate surface area is 117 Å². The number of nitro groups is 1. The van der Waals surface area contributed by atoms with Gasteiger partial charge in [0.2, 0.25) is 0 Å². The van der Waals surface area contributed by atoms with Gasteiger partial charge < -0.3 is 11.1 Å². The van der Waals surface area contributed by atoms with Crippen molar-refractivity contribution in [2.45, 2.75) is 45.6 Å². The monoisotopic (exact) mass is 280 g/mol. The summed E-state index contributed by atoms with van der Waals surface area (Å²) >= 11 is 0. The standard InChI is InChI=1S/C13H20N4O3/c1-3-4-5-6-9(2)16-13(18)11-7-10(17(19)20)8-15-12(11)14/h7-9H,3-6H2,1-2H3,(H2,14,15)(H,16,18). The highest BCUT2D eigenvalue weighted by molar-refractivity contribution is 5.99. The molecule has 1 unspecified atom stereocenters. The van der Waals surface area contributed by atoms with E-state index in [-0.39, 0.29) is 23.1 Å². The van der Waals surface area contributed by atoms with Crippen molar-refractivity contribution in [3.8, 4) is 0 Å². The number of amides is 1. The van der Waals surface area contributed by atoms with Crippen molar-refractivity contribution >= 4 is 17.4 Å². The first kappa shape index (κ1) is 15.9. The molecule has 7 heteroatoms. The number of carbonyl (C=O) groups is 1. The molecule has 1 amide bonds. The minimum Gasteiger partial charge on any atom is -0.383 e. The van der Waals surface area contributed by atoms with Gasteiger partial charge >= 0.3 is 0 Å². The number of unbranched alkanes of at least 4 members (excludes halogenated alkanes) is 2. The molecule has 0 aliphatic rings. The Morgan fingerprint density at radius 2 is 2.25 bits per heavy atom. The van der Waals surface area contributed by atoms with Crippen molar-refractivity contribution in [3.05, 3.63) is 27.9 Å². The number of pyridine rings is 1. The average molecular weight is 280 g/mol. The van der Waals surface area contributed by atoms with E-state index in [4.69, 9.17) is 5.73 Å². The van der Waals surface area contributed by atoms with Crippen LogP contribution in [0, 0.1) is 10.1 Å². The third-order valence-electron chi connectivity index (χ3n) is 2.98. The van der Waals surface area contributed by atoms with E-state index in [1.54, 1.807) is 0 Å². The number of carbonyl (C=O) groups excluding carboxylic acids is 1. The molecule has 0 saturated carbocycles. The Balaban J connectivity index is 2.71. The number of nitrogen functional groups attached to an aromatic ring is 1. The highest BCUT2D eigenvalue weighted by Gasteiger charge is 2.17. The molecule has 1 heterocycles. The fourth-order valence-corrected chi connectivity index (χ4v) is 1.82. The van der Waals surface area contributed by atoms with E-state index in [2.05, 4.69) is 17.2 Å². The highest BCUT2D eigenvalue weighted by atomic mass is 16.6. The van der Waals surface area contributed by atoms with Crippen molar-refractivity contribution in [2.24, 2.45) is 0 Å². The predicted octanol–water partition coefficient (Wildman–Crippen LogP) is 2.27. The molecule has 0 saturated heterocycles. The van der Waals surface area contributed by atoms with E-state index in [9.17, 15) is 14.9 Å². The van der Waals surface area contributed by atoms with Crippen LogP contribution in [0.5, 0.6) is 0 Å². The van der Waals surface area contributed by atoms with Crippen LogP contribution in [0.3, 0.4) is 0 Å². The predicted molar refractivity (Wildman–Crippen MR) is 76.4 cm³/mol. The lowest BCUT2D eigenvalue weighted by Crippen LogP contribution is -2.33. The summed E-state index contributed by atoms with van der Waals surface area (Å²) in [4.78, 5) is 25.8. The first-order valence-corrected chi connectivity index (χ1v) is 6.66. The molecular formula is C13H20N4O3. The third-order valence-corrected chi connectivity index (χ3v) is 2.98. The molecule has 1 atom stereocenters. The van der Waals surface area contributed by atoms with E-state index in [0.29, 0.717) is 0 Å². The van der Waals surface area contributed by atoms with Gasteiger partial charge in [0.05, 0.1) is 10.5 Å². The second-order valence-electron chi connectivity index (χ2n) is 4.75. The van der Waals surface area contributed by atoms with Crippen molar-refractivity contribution in [1.29, 1.82) is 0 Å². The highest BCUT2D eigenvalue weighted by Crippen LogP contribution is 2.17. The average Bonchev–Trinajstić information content (AvgIpc) is 2.39. The van der Waals surface area contributed by atoms with Crippen LogP contribution in [0.2, 0.25) is 0 Å². The third kappa shape index (κ3) is 4.49. The molecule has 0 fully saturated rings. The van der Waals surface area contributed by atoms with Crippen LogP contribution < -0.4 is 11.1 Å². The van der Waals surface area contributed by atoms with E-state index < -0.39 is 10.8 Å². The Bertz CT molecular complexity index is 491. The van der Waals surface area contributed by atoms with Crippen LogP contribution >= 0.6 is 0 Å². The normalized spacial score (nSPS) is 11.9. The molecule has 0 aliphatic carbocycles. The lowest BCUT2D eigenvalue weighted by molar-refractivity contribution is -0.385. The van der Waals surface area contributed by atoms with E-state index in [1.807, 2.05) is 6.92 Å². The number of rotatable bonds is 7. The molecule has 3 N–H and O–H groups in total. The molecule has 0 aliphatic heterocycles. The number of nitrogens with zero attached hydrogens (tertiary/aromatic N) is 2. The molecule has 0 aromatic carbocycles. The molecule has 1 aromatic heterocycles. The van der Waals surface area contributed by atoms with Crippen molar-refractivity contribution < 1.29 is 9.72 Å². The maximum absolute atomic E-state index is 12.0. The molecule has 0 bridgehead atoms. The Hall–Kier alpha value is -2.18. The van der Waals surface area contributed by atoms with E-state index >= 15 is 0 Å². The fraction of sp³-hybridized carbons (Fsp3) is 0.538. The molecule has 110 valence electrons. The Morgan fingerprint density at radius 1 is 1.55 bits per heavy atom. The van der Waals surface area contributed by atoms with E-state index in [0.717, 1.165) is 37.9 Å². The molecule has 7 nitrogen and oxygen atoms in total. The summed E-state index contributed by atoms with van der Waals surface area (Å²) in [5.74, 6) is -0.434. The molecule has 20 heavy (non-hydrogen) atoms. The minimum absolute atomic E-state index is 0.00569. The van der Waals surface area contributed by atoms with Gasteiger partial charge in [-0.15, -0.1) is 0 Å². The summed E-state index contributed by atoms with van der Waals surface area (Å²) in [5, 5.41) is 13.5. The van der Waals surface area contributed by atoms with Gasteiger partial charge in [-0.05, 0) is 13.3 Å². The molecule has 1 aromatic rings. The zero-order chi connectivity index (χ0) is 15.1. The lowest BCUT2D eigenvalue weighted by atomic mass is 10.1. The first-order chi connectivity index (χ1) is 9.45. The number of anilines is 1. The summed E-state index contributed by atoms with van der Waals surface area (Å²) in [6.45, 7) is 4.01. The molecule has 0 radical (unpaired) electrons. The fourth-order valence-electron chi connectivity index (χ4n) is 1.82. The maximum Gasteiger partial charge on any atom is 0.288 e. The number of aromatic nitrogens is 1.